The van der Waals surface area contributed by atoms with Crippen molar-refractivity contribution >= 4 is 0 Å². The number of hydrogen-bond donors (Lipinski definition) is 0. The fourth-order valence-corrected chi connectivity index (χ4v) is 1.18. The second kappa shape index (κ2) is 5.33. The van der Waals surface area contributed by atoms with Crippen molar-refractivity contribution in [1.82, 2.24) is 0 Å². The lowest BCUT2D eigenvalue weighted by Gasteiger charge is -2.03. The first-order valence-corrected chi connectivity index (χ1v) is 4.27. The van der Waals surface area contributed by atoms with E-state index in [0.717, 1.165) is 6.61 Å². The second-order valence-electron chi connectivity index (χ2n) is 2.80. The van der Waals surface area contributed by atoms with E-state index < -0.39 is 0 Å². The zero-order valence-electron chi connectivity index (χ0n) is 6.51. The Balaban J connectivity index is 2.13. The van der Waals surface area contributed by atoms with Crippen LogP contribution in [0.3, 0.4) is 0 Å². The minimum atomic E-state index is 0.913. The van der Waals surface area contributed by atoms with Gasteiger partial charge in [-0.2, -0.15) is 0 Å². The molecule has 0 atom stereocenters. The third-order valence-corrected chi connectivity index (χ3v) is 1.83. The van der Waals surface area contributed by atoms with Gasteiger partial charge in [-0.15, -0.1) is 0 Å². The van der Waals surface area contributed by atoms with E-state index in [0.29, 0.717) is 0 Å². The van der Waals surface area contributed by atoms with Crippen LogP contribution in [0, 0.1) is 0 Å². The van der Waals surface area contributed by atoms with Crippen molar-refractivity contribution in [3.63, 3.8) is 0 Å². The molecule has 0 N–H and O–H groups in total. The monoisotopic (exact) mass is 140 g/mol. The van der Waals surface area contributed by atoms with Gasteiger partial charge in [0.25, 0.3) is 0 Å². The number of ether oxygens (including phenoxy) is 1. The van der Waals surface area contributed by atoms with E-state index in [2.05, 4.69) is 6.08 Å². The van der Waals surface area contributed by atoms with Crippen LogP contribution < -0.4 is 0 Å². The summed E-state index contributed by atoms with van der Waals surface area (Å²) in [4.78, 5) is 0. The minimum absolute atomic E-state index is 0.913. The highest BCUT2D eigenvalue weighted by Crippen LogP contribution is 2.07. The van der Waals surface area contributed by atoms with Crippen molar-refractivity contribution in [2.75, 3.05) is 6.61 Å². The van der Waals surface area contributed by atoms with Gasteiger partial charge in [0.05, 0.1) is 12.9 Å². The number of rotatable bonds is 0. The van der Waals surface area contributed by atoms with E-state index in [4.69, 9.17) is 4.74 Å². The van der Waals surface area contributed by atoms with Crippen molar-refractivity contribution in [2.45, 2.75) is 38.5 Å². The molecule has 0 saturated carbocycles. The summed E-state index contributed by atoms with van der Waals surface area (Å²) < 4.78 is 5.23. The molecule has 1 heteroatoms. The summed E-state index contributed by atoms with van der Waals surface area (Å²) in [5, 5.41) is 0. The summed E-state index contributed by atoms with van der Waals surface area (Å²) in [6, 6.07) is 0. The molecule has 0 spiro atoms. The Hall–Kier alpha value is -0.460. The Morgan fingerprint density at radius 3 is 2.70 bits per heavy atom. The van der Waals surface area contributed by atoms with Crippen molar-refractivity contribution < 1.29 is 4.74 Å². The third kappa shape index (κ3) is 3.54. The zero-order valence-corrected chi connectivity index (χ0v) is 6.51. The van der Waals surface area contributed by atoms with Gasteiger partial charge in [-0.1, -0.05) is 19.3 Å². The third-order valence-electron chi connectivity index (χ3n) is 1.83. The highest BCUT2D eigenvalue weighted by Gasteiger charge is 1.91. The fourth-order valence-electron chi connectivity index (χ4n) is 1.18. The molecule has 0 aliphatic carbocycles. The summed E-state index contributed by atoms with van der Waals surface area (Å²) in [6.45, 7) is 0.913. The summed E-state index contributed by atoms with van der Waals surface area (Å²) in [6.07, 6.45) is 11.9. The zero-order chi connectivity index (χ0) is 7.07. The largest absolute Gasteiger partial charge is 0.502 e. The van der Waals surface area contributed by atoms with Gasteiger partial charge in [0, 0.05) is 0 Å². The lowest BCUT2D eigenvalue weighted by atomic mass is 10.1. The molecule has 1 aliphatic heterocycles. The van der Waals surface area contributed by atoms with E-state index in [9.17, 15) is 0 Å². The quantitative estimate of drug-likeness (QED) is 0.502. The molecule has 0 fully saturated rings. The maximum absolute atomic E-state index is 5.23. The van der Waals surface area contributed by atoms with Gasteiger partial charge in [0.15, 0.2) is 0 Å². The molecular formula is C9H16O. The molecule has 0 aromatic heterocycles. The fraction of sp³-hybridized carbons (Fsp3) is 0.778. The highest BCUT2D eigenvalue weighted by molar-refractivity contribution is 4.73. The smallest absolute Gasteiger partial charge is 0.0873 e. The Labute approximate surface area is 63.1 Å². The lowest BCUT2D eigenvalue weighted by Crippen LogP contribution is -1.89. The summed E-state index contributed by atoms with van der Waals surface area (Å²) in [5.41, 5.74) is 0. The molecule has 0 bridgehead atoms. The maximum Gasteiger partial charge on any atom is 0.0873 e. The van der Waals surface area contributed by atoms with Gasteiger partial charge < -0.3 is 4.74 Å². The molecule has 0 aromatic carbocycles. The van der Waals surface area contributed by atoms with E-state index >= 15 is 0 Å². The number of allylic oxidation sites excluding steroid dienone is 1. The van der Waals surface area contributed by atoms with Crippen LogP contribution in [-0.4, -0.2) is 6.61 Å². The van der Waals surface area contributed by atoms with Crippen LogP contribution in [0.1, 0.15) is 38.5 Å². The second-order valence-corrected chi connectivity index (χ2v) is 2.80. The molecule has 58 valence electrons. The van der Waals surface area contributed by atoms with Crippen LogP contribution in [0.25, 0.3) is 0 Å². The Bertz CT molecular complexity index is 84.9. The van der Waals surface area contributed by atoms with E-state index in [1.54, 1.807) is 0 Å². The first kappa shape index (κ1) is 7.64. The molecule has 0 unspecified atom stereocenters. The Morgan fingerprint density at radius 1 is 0.900 bits per heavy atom. The summed E-state index contributed by atoms with van der Waals surface area (Å²) in [5.74, 6) is 0. The lowest BCUT2D eigenvalue weighted by molar-refractivity contribution is 0.237. The molecule has 0 saturated heterocycles. The Kier molecular flexibility index (Phi) is 4.08. The van der Waals surface area contributed by atoms with Crippen LogP contribution in [0.2, 0.25) is 0 Å². The van der Waals surface area contributed by atoms with E-state index in [1.807, 2.05) is 6.26 Å². The van der Waals surface area contributed by atoms with Gasteiger partial charge in [-0.05, 0) is 25.3 Å². The first-order valence-electron chi connectivity index (χ1n) is 4.27. The molecule has 1 nitrogen and oxygen atoms in total. The summed E-state index contributed by atoms with van der Waals surface area (Å²) >= 11 is 0. The van der Waals surface area contributed by atoms with Crippen molar-refractivity contribution in [3.8, 4) is 0 Å². The Morgan fingerprint density at radius 2 is 1.70 bits per heavy atom. The van der Waals surface area contributed by atoms with Crippen LogP contribution in [0.15, 0.2) is 12.3 Å². The normalized spacial score (nSPS) is 21.6. The SMILES string of the molecule is C1=COCCCCCCC1. The first-order chi connectivity index (χ1) is 5.00. The average molecular weight is 140 g/mol. The van der Waals surface area contributed by atoms with Crippen molar-refractivity contribution in [2.24, 2.45) is 0 Å². The van der Waals surface area contributed by atoms with E-state index in [-0.39, 0.29) is 0 Å². The van der Waals surface area contributed by atoms with Crippen LogP contribution in [-0.2, 0) is 4.74 Å². The highest BCUT2D eigenvalue weighted by atomic mass is 16.5. The molecule has 0 radical (unpaired) electrons. The molecular weight excluding hydrogens is 124 g/mol. The van der Waals surface area contributed by atoms with E-state index in [1.165, 1.54) is 38.5 Å². The van der Waals surface area contributed by atoms with Gasteiger partial charge in [-0.25, -0.2) is 0 Å². The average Bonchev–Trinajstić information content (AvgIpc) is 2.01. The summed E-state index contributed by atoms with van der Waals surface area (Å²) in [7, 11) is 0. The van der Waals surface area contributed by atoms with Crippen molar-refractivity contribution in [1.29, 1.82) is 0 Å². The van der Waals surface area contributed by atoms with Gasteiger partial charge >= 0.3 is 0 Å². The molecule has 0 amide bonds. The minimum Gasteiger partial charge on any atom is -0.502 e. The molecule has 10 heavy (non-hydrogen) atoms. The maximum atomic E-state index is 5.23. The van der Waals surface area contributed by atoms with Crippen LogP contribution in [0.5, 0.6) is 0 Å². The van der Waals surface area contributed by atoms with Crippen molar-refractivity contribution in [3.05, 3.63) is 12.3 Å². The van der Waals surface area contributed by atoms with Crippen LogP contribution >= 0.6 is 0 Å². The molecule has 1 rings (SSSR count). The van der Waals surface area contributed by atoms with Gasteiger partial charge in [0.1, 0.15) is 0 Å². The topological polar surface area (TPSA) is 9.23 Å². The molecule has 1 aliphatic rings. The predicted octanol–water partition coefficient (Wildman–Crippen LogP) is 2.87. The van der Waals surface area contributed by atoms with Crippen LogP contribution in [0.4, 0.5) is 0 Å². The number of hydrogen-bond acceptors (Lipinski definition) is 1. The molecule has 1 heterocycles. The van der Waals surface area contributed by atoms with Gasteiger partial charge in [0.2, 0.25) is 0 Å². The standard InChI is InChI=1S/C9H16O/c1-2-4-6-8-10-9-7-5-3-1/h6,8H,1-5,7,9H2. The molecule has 0 aromatic rings. The van der Waals surface area contributed by atoms with Gasteiger partial charge in [-0.3, -0.25) is 0 Å². The predicted molar refractivity (Wildman–Crippen MR) is 42.8 cm³/mol.